The third-order valence-electron chi connectivity index (χ3n) is 2.35. The highest BCUT2D eigenvalue weighted by atomic mass is 16.5. The minimum absolute atomic E-state index is 1.09. The minimum atomic E-state index is -1.56. The summed E-state index contributed by atoms with van der Waals surface area (Å²) in [5.41, 5.74) is 0. The number of hydrogen-bond donors (Lipinski definition) is 5. The van der Waals surface area contributed by atoms with Gasteiger partial charge in [0.1, 0.15) is 36.6 Å². The molecule has 6 heteroatoms. The topological polar surface area (TPSA) is 110 Å². The minimum Gasteiger partial charge on any atom is -0.387 e. The molecule has 0 radical (unpaired) electrons. The van der Waals surface area contributed by atoms with Gasteiger partial charge in [-0.3, -0.25) is 0 Å². The van der Waals surface area contributed by atoms with Crippen LogP contribution in [0.3, 0.4) is 0 Å². The molecule has 78 valence electrons. The zero-order valence-electron chi connectivity index (χ0n) is 7.11. The Labute approximate surface area is 75.0 Å². The molecule has 0 heterocycles. The van der Waals surface area contributed by atoms with Crippen LogP contribution < -0.4 is 0 Å². The van der Waals surface area contributed by atoms with Crippen LogP contribution in [0.25, 0.3) is 0 Å². The Hall–Kier alpha value is -0.240. The van der Waals surface area contributed by atoms with Gasteiger partial charge >= 0.3 is 0 Å². The molecule has 5 N–H and O–H groups in total. The van der Waals surface area contributed by atoms with Crippen molar-refractivity contribution in [1.82, 2.24) is 0 Å². The van der Waals surface area contributed by atoms with E-state index < -0.39 is 36.6 Å². The average molecular weight is 194 g/mol. The van der Waals surface area contributed by atoms with E-state index in [1.165, 1.54) is 7.11 Å². The van der Waals surface area contributed by atoms with Crippen molar-refractivity contribution in [3.05, 3.63) is 0 Å². The van der Waals surface area contributed by atoms with E-state index in [0.717, 1.165) is 0 Å². The van der Waals surface area contributed by atoms with Gasteiger partial charge in [-0.15, -0.1) is 0 Å². The first-order chi connectivity index (χ1) is 6.00. The first-order valence-electron chi connectivity index (χ1n) is 3.93. The molecule has 6 nitrogen and oxygen atoms in total. The third kappa shape index (κ3) is 1.69. The summed E-state index contributed by atoms with van der Waals surface area (Å²) < 4.78 is 4.67. The largest absolute Gasteiger partial charge is 0.387 e. The lowest BCUT2D eigenvalue weighted by Crippen LogP contribution is -2.64. The molecule has 0 amide bonds. The Bertz CT molecular complexity index is 158. The molecule has 4 atom stereocenters. The Morgan fingerprint density at radius 1 is 0.692 bits per heavy atom. The maximum atomic E-state index is 9.29. The Kier molecular flexibility index (Phi) is 3.23. The smallest absolute Gasteiger partial charge is 0.114 e. The molecule has 0 saturated heterocycles. The third-order valence-corrected chi connectivity index (χ3v) is 2.35. The fraction of sp³-hybridized carbons (Fsp3) is 1.00. The fourth-order valence-corrected chi connectivity index (χ4v) is 1.48. The van der Waals surface area contributed by atoms with E-state index in [4.69, 9.17) is 5.11 Å². The van der Waals surface area contributed by atoms with Gasteiger partial charge in [0.15, 0.2) is 0 Å². The highest BCUT2D eigenvalue weighted by Crippen LogP contribution is 2.23. The summed E-state index contributed by atoms with van der Waals surface area (Å²) in [4.78, 5) is 0. The SMILES string of the molecule is CO[C@H]1C(O)C(O)[C@@H](O)C(O)C1O. The van der Waals surface area contributed by atoms with Gasteiger partial charge < -0.3 is 30.3 Å². The van der Waals surface area contributed by atoms with E-state index in [0.29, 0.717) is 0 Å². The summed E-state index contributed by atoms with van der Waals surface area (Å²) in [6.45, 7) is 0. The average Bonchev–Trinajstić information content (AvgIpc) is 2.13. The van der Waals surface area contributed by atoms with E-state index in [-0.39, 0.29) is 0 Å². The Morgan fingerprint density at radius 2 is 1.00 bits per heavy atom. The quantitative estimate of drug-likeness (QED) is 0.301. The molecular formula is C7H14O6. The van der Waals surface area contributed by atoms with Crippen LogP contribution in [0, 0.1) is 0 Å². The molecule has 1 aliphatic rings. The summed E-state index contributed by atoms with van der Waals surface area (Å²) in [6, 6.07) is 0. The van der Waals surface area contributed by atoms with E-state index in [2.05, 4.69) is 4.74 Å². The van der Waals surface area contributed by atoms with Crippen molar-refractivity contribution in [2.45, 2.75) is 36.6 Å². The number of aliphatic hydroxyl groups excluding tert-OH is 5. The van der Waals surface area contributed by atoms with Gasteiger partial charge in [-0.25, -0.2) is 0 Å². The number of rotatable bonds is 1. The van der Waals surface area contributed by atoms with E-state index in [9.17, 15) is 20.4 Å². The monoisotopic (exact) mass is 194 g/mol. The van der Waals surface area contributed by atoms with Crippen LogP contribution in [0.15, 0.2) is 0 Å². The molecule has 1 aliphatic carbocycles. The second kappa shape index (κ2) is 3.87. The van der Waals surface area contributed by atoms with Crippen LogP contribution in [0.2, 0.25) is 0 Å². The van der Waals surface area contributed by atoms with Crippen molar-refractivity contribution in [2.75, 3.05) is 7.11 Å². The molecule has 1 rings (SSSR count). The number of hydrogen-bond acceptors (Lipinski definition) is 6. The van der Waals surface area contributed by atoms with Crippen LogP contribution in [0.4, 0.5) is 0 Å². The zero-order chi connectivity index (χ0) is 10.2. The first-order valence-corrected chi connectivity index (χ1v) is 3.93. The van der Waals surface area contributed by atoms with Crippen LogP contribution in [-0.4, -0.2) is 69.3 Å². The molecule has 0 aromatic rings. The number of methoxy groups -OCH3 is 1. The van der Waals surface area contributed by atoms with Gasteiger partial charge in [0.2, 0.25) is 0 Å². The van der Waals surface area contributed by atoms with Crippen molar-refractivity contribution in [3.63, 3.8) is 0 Å². The van der Waals surface area contributed by atoms with Gasteiger partial charge in [-0.1, -0.05) is 0 Å². The predicted octanol–water partition coefficient (Wildman–Crippen LogP) is -3.18. The van der Waals surface area contributed by atoms with Crippen LogP contribution in [0.1, 0.15) is 0 Å². The van der Waals surface area contributed by atoms with Crippen molar-refractivity contribution in [1.29, 1.82) is 0 Å². The molecule has 1 saturated carbocycles. The highest BCUT2D eigenvalue weighted by Gasteiger charge is 2.48. The van der Waals surface area contributed by atoms with E-state index >= 15 is 0 Å². The number of aliphatic hydroxyl groups is 5. The second-order valence-corrected chi connectivity index (χ2v) is 3.15. The predicted molar refractivity (Wildman–Crippen MR) is 40.8 cm³/mol. The van der Waals surface area contributed by atoms with Crippen molar-refractivity contribution in [2.24, 2.45) is 0 Å². The maximum Gasteiger partial charge on any atom is 0.114 e. The van der Waals surface area contributed by atoms with E-state index in [1.54, 1.807) is 0 Å². The Morgan fingerprint density at radius 3 is 1.31 bits per heavy atom. The van der Waals surface area contributed by atoms with Crippen LogP contribution >= 0.6 is 0 Å². The van der Waals surface area contributed by atoms with Crippen molar-refractivity contribution in [3.8, 4) is 0 Å². The Balaban J connectivity index is 2.79. The molecular weight excluding hydrogens is 180 g/mol. The summed E-state index contributed by atoms with van der Waals surface area (Å²) in [5, 5.41) is 46.1. The summed E-state index contributed by atoms with van der Waals surface area (Å²) in [6.07, 6.45) is -8.48. The second-order valence-electron chi connectivity index (χ2n) is 3.15. The standard InChI is InChI=1S/C7H14O6/c1-13-7-5(11)3(9)2(8)4(10)6(7)12/h2-12H,1H3/t2-,3?,4?,5?,6?,7+. The molecule has 13 heavy (non-hydrogen) atoms. The first kappa shape index (κ1) is 10.8. The molecule has 4 unspecified atom stereocenters. The lowest BCUT2D eigenvalue weighted by molar-refractivity contribution is -0.229. The molecule has 0 aromatic heterocycles. The van der Waals surface area contributed by atoms with Gasteiger partial charge in [0, 0.05) is 7.11 Å². The normalized spacial score (nSPS) is 52.2. The van der Waals surface area contributed by atoms with Crippen molar-refractivity contribution < 1.29 is 30.3 Å². The molecule has 0 bridgehead atoms. The molecule has 0 spiro atoms. The van der Waals surface area contributed by atoms with Crippen LogP contribution in [0.5, 0.6) is 0 Å². The van der Waals surface area contributed by atoms with Crippen molar-refractivity contribution >= 4 is 0 Å². The summed E-state index contributed by atoms with van der Waals surface area (Å²) >= 11 is 0. The van der Waals surface area contributed by atoms with Crippen LogP contribution in [-0.2, 0) is 4.74 Å². The lowest BCUT2D eigenvalue weighted by Gasteiger charge is -2.40. The van der Waals surface area contributed by atoms with Gasteiger partial charge in [0.05, 0.1) is 0 Å². The molecule has 1 fully saturated rings. The number of ether oxygens (including phenoxy) is 1. The maximum absolute atomic E-state index is 9.29. The molecule has 0 aromatic carbocycles. The van der Waals surface area contributed by atoms with Gasteiger partial charge in [-0.05, 0) is 0 Å². The fourth-order valence-electron chi connectivity index (χ4n) is 1.48. The summed E-state index contributed by atoms with van der Waals surface area (Å²) in [5.74, 6) is 0. The van der Waals surface area contributed by atoms with E-state index in [1.807, 2.05) is 0 Å². The lowest BCUT2D eigenvalue weighted by atomic mass is 9.85. The zero-order valence-corrected chi connectivity index (χ0v) is 7.11. The summed E-state index contributed by atoms with van der Waals surface area (Å²) in [7, 11) is 1.23. The van der Waals surface area contributed by atoms with Gasteiger partial charge in [0.25, 0.3) is 0 Å². The highest BCUT2D eigenvalue weighted by molar-refractivity contribution is 4.99. The van der Waals surface area contributed by atoms with Gasteiger partial charge in [-0.2, -0.15) is 0 Å². The molecule has 0 aliphatic heterocycles.